The Hall–Kier alpha value is -4.09. The van der Waals surface area contributed by atoms with Gasteiger partial charge in [0.25, 0.3) is 0 Å². The van der Waals surface area contributed by atoms with Gasteiger partial charge in [-0.3, -0.25) is 0 Å². The van der Waals surface area contributed by atoms with Crippen LogP contribution in [0.4, 0.5) is 18.9 Å². The van der Waals surface area contributed by atoms with Gasteiger partial charge in [0.2, 0.25) is 11.8 Å². The van der Waals surface area contributed by atoms with Gasteiger partial charge in [-0.15, -0.1) is 0 Å². The number of halogens is 3. The molecule has 0 saturated heterocycles. The summed E-state index contributed by atoms with van der Waals surface area (Å²) in [5, 5.41) is 8.23. The number of alkyl halides is 3. The number of rotatable bonds is 10. The van der Waals surface area contributed by atoms with Gasteiger partial charge >= 0.3 is 6.18 Å². The molecule has 12 heteroatoms. The number of anilines is 1. The van der Waals surface area contributed by atoms with Crippen molar-refractivity contribution >= 4 is 5.69 Å². The van der Waals surface area contributed by atoms with Crippen LogP contribution >= 0.6 is 0 Å². The Morgan fingerprint density at radius 3 is 2.44 bits per heavy atom. The number of hydrogen-bond acceptors (Lipinski definition) is 7. The highest BCUT2D eigenvalue weighted by atomic mass is 19.4. The molecule has 1 N–H and O–H groups in total. The third-order valence-corrected chi connectivity index (χ3v) is 7.71. The van der Waals surface area contributed by atoms with Gasteiger partial charge in [0, 0.05) is 43.0 Å². The molecule has 0 bridgehead atoms. The van der Waals surface area contributed by atoms with Gasteiger partial charge in [-0.1, -0.05) is 0 Å². The monoisotopic (exact) mass is 567 g/mol. The minimum Gasteiger partial charge on any atom is -0.480 e. The van der Waals surface area contributed by atoms with E-state index in [1.165, 1.54) is 6.33 Å². The second-order valence-electron chi connectivity index (χ2n) is 10.5. The van der Waals surface area contributed by atoms with Crippen LogP contribution in [0.15, 0.2) is 36.8 Å². The molecule has 41 heavy (non-hydrogen) atoms. The van der Waals surface area contributed by atoms with Crippen LogP contribution in [0.2, 0.25) is 0 Å². The number of aromatic nitrogens is 6. The second kappa shape index (κ2) is 10.7. The molecule has 4 aromatic rings. The topological polar surface area (TPSA) is 91.9 Å². The molecule has 0 radical (unpaired) electrons. The lowest BCUT2D eigenvalue weighted by molar-refractivity contribution is -0.140. The molecule has 3 heterocycles. The fourth-order valence-electron chi connectivity index (χ4n) is 5.27. The Morgan fingerprint density at radius 2 is 1.83 bits per heavy atom. The van der Waals surface area contributed by atoms with Crippen LogP contribution in [0.1, 0.15) is 67.9 Å². The molecule has 2 fully saturated rings. The molecule has 9 nitrogen and oxygen atoms in total. The lowest BCUT2D eigenvalue weighted by Crippen LogP contribution is -2.17. The Balaban J connectivity index is 1.30. The summed E-state index contributed by atoms with van der Waals surface area (Å²) in [5.41, 5.74) is 3.79. The summed E-state index contributed by atoms with van der Waals surface area (Å²) in [6.07, 6.45) is 3.01. The molecular weight excluding hydrogens is 535 g/mol. The SMILES string of the molecule is CCOc1c(CNc2ccc(-c3nc(C(F)(F)F)cn3C3CCC3)cc2)c(-c2c(OC)ncnc2C2CC2)nn1C. The number of methoxy groups -OCH3 is 1. The van der Waals surface area contributed by atoms with Gasteiger partial charge in [0.05, 0.1) is 30.5 Å². The van der Waals surface area contributed by atoms with Crippen molar-refractivity contribution in [2.75, 3.05) is 19.0 Å². The molecule has 2 aliphatic rings. The van der Waals surface area contributed by atoms with E-state index in [-0.39, 0.29) is 6.04 Å². The summed E-state index contributed by atoms with van der Waals surface area (Å²) in [6, 6.07) is 7.34. The zero-order valence-electron chi connectivity index (χ0n) is 23.2. The van der Waals surface area contributed by atoms with Crippen LogP contribution in [-0.2, 0) is 19.8 Å². The number of aryl methyl sites for hydroxylation is 1. The number of hydrogen-bond donors (Lipinski definition) is 1. The van der Waals surface area contributed by atoms with Crippen molar-refractivity contribution in [3.05, 3.63) is 53.7 Å². The summed E-state index contributed by atoms with van der Waals surface area (Å²) in [7, 11) is 3.42. The van der Waals surface area contributed by atoms with Crippen LogP contribution in [0, 0.1) is 0 Å². The van der Waals surface area contributed by atoms with E-state index < -0.39 is 11.9 Å². The van der Waals surface area contributed by atoms with E-state index in [2.05, 4.69) is 20.3 Å². The highest BCUT2D eigenvalue weighted by Gasteiger charge is 2.37. The van der Waals surface area contributed by atoms with Gasteiger partial charge < -0.3 is 19.4 Å². The average molecular weight is 568 g/mol. The maximum absolute atomic E-state index is 13.5. The van der Waals surface area contributed by atoms with Crippen LogP contribution in [-0.4, -0.2) is 43.0 Å². The zero-order chi connectivity index (χ0) is 28.7. The summed E-state index contributed by atoms with van der Waals surface area (Å²) in [4.78, 5) is 12.9. The van der Waals surface area contributed by atoms with Crippen LogP contribution in [0.5, 0.6) is 11.8 Å². The smallest absolute Gasteiger partial charge is 0.434 e. The predicted molar refractivity (Wildman–Crippen MR) is 147 cm³/mol. The molecule has 1 aromatic carbocycles. The van der Waals surface area contributed by atoms with Crippen LogP contribution in [0.3, 0.4) is 0 Å². The molecule has 6 rings (SSSR count). The highest BCUT2D eigenvalue weighted by Crippen LogP contribution is 2.47. The molecule has 0 spiro atoms. The highest BCUT2D eigenvalue weighted by molar-refractivity contribution is 5.74. The lowest BCUT2D eigenvalue weighted by Gasteiger charge is -2.28. The van der Waals surface area contributed by atoms with E-state index in [0.717, 1.165) is 60.8 Å². The third kappa shape index (κ3) is 5.22. The van der Waals surface area contributed by atoms with Crippen LogP contribution in [0.25, 0.3) is 22.6 Å². The average Bonchev–Trinajstić information content (AvgIpc) is 3.61. The molecule has 2 saturated carbocycles. The minimum absolute atomic E-state index is 0.0480. The fraction of sp³-hybridized carbons (Fsp3) is 0.448. The summed E-state index contributed by atoms with van der Waals surface area (Å²) in [5.74, 6) is 1.78. The lowest BCUT2D eigenvalue weighted by atomic mass is 9.92. The van der Waals surface area contributed by atoms with Crippen molar-refractivity contribution in [1.82, 2.24) is 29.3 Å². The van der Waals surface area contributed by atoms with Crippen LogP contribution < -0.4 is 14.8 Å². The first kappa shape index (κ1) is 27.1. The van der Waals surface area contributed by atoms with E-state index >= 15 is 0 Å². The van der Waals surface area contributed by atoms with Gasteiger partial charge in [0.15, 0.2) is 5.69 Å². The number of nitrogens with one attached hydrogen (secondary N) is 1. The molecule has 216 valence electrons. The molecule has 0 amide bonds. The van der Waals surface area contributed by atoms with Gasteiger partial charge in [-0.25, -0.2) is 19.6 Å². The van der Waals surface area contributed by atoms with E-state index in [9.17, 15) is 13.2 Å². The molecule has 0 atom stereocenters. The summed E-state index contributed by atoms with van der Waals surface area (Å²) in [6.45, 7) is 2.77. The predicted octanol–water partition coefficient (Wildman–Crippen LogP) is 6.38. The van der Waals surface area contributed by atoms with Gasteiger partial charge in [0.1, 0.15) is 17.8 Å². The normalized spacial score (nSPS) is 15.6. The number of ether oxygens (including phenoxy) is 2. The molecular formula is C29H32F3N7O2. The Labute approximate surface area is 235 Å². The number of benzene rings is 1. The quantitative estimate of drug-likeness (QED) is 0.238. The number of nitrogens with zero attached hydrogens (tertiary/aromatic N) is 6. The third-order valence-electron chi connectivity index (χ3n) is 7.71. The van der Waals surface area contributed by atoms with E-state index in [4.69, 9.17) is 14.6 Å². The standard InChI is InChI=1S/C29H32F3N7O2/c1-4-41-28-21(25(37-38(28)2)23-24(17-8-9-17)34-16-35-27(23)40-3)14-33-19-12-10-18(11-13-19)26-36-22(29(30,31)32)15-39(26)20-6-5-7-20/h10-13,15-17,20,33H,4-9,14H2,1-3H3. The maximum atomic E-state index is 13.5. The van der Waals surface area contributed by atoms with E-state index in [0.29, 0.717) is 47.9 Å². The largest absolute Gasteiger partial charge is 0.480 e. The Kier molecular flexibility index (Phi) is 7.08. The minimum atomic E-state index is -4.49. The molecule has 2 aliphatic carbocycles. The Morgan fingerprint density at radius 1 is 1.07 bits per heavy atom. The van der Waals surface area contributed by atoms with Crippen molar-refractivity contribution in [2.24, 2.45) is 7.05 Å². The molecule has 0 aliphatic heterocycles. The molecule has 3 aromatic heterocycles. The van der Waals surface area contributed by atoms with Gasteiger partial charge in [-0.2, -0.15) is 18.3 Å². The van der Waals surface area contributed by atoms with Crippen molar-refractivity contribution in [2.45, 2.75) is 63.7 Å². The van der Waals surface area contributed by atoms with E-state index in [1.807, 2.05) is 26.1 Å². The summed E-state index contributed by atoms with van der Waals surface area (Å²) < 4.78 is 55.4. The van der Waals surface area contributed by atoms with Crippen molar-refractivity contribution in [1.29, 1.82) is 0 Å². The van der Waals surface area contributed by atoms with Gasteiger partial charge in [-0.05, 0) is 63.3 Å². The Bertz CT molecular complexity index is 1540. The first-order valence-electron chi connectivity index (χ1n) is 13.9. The molecule has 0 unspecified atom stereocenters. The first-order chi connectivity index (χ1) is 19.8. The zero-order valence-corrected chi connectivity index (χ0v) is 23.2. The second-order valence-corrected chi connectivity index (χ2v) is 10.5. The maximum Gasteiger partial charge on any atom is 0.434 e. The van der Waals surface area contributed by atoms with Crippen molar-refractivity contribution in [3.63, 3.8) is 0 Å². The van der Waals surface area contributed by atoms with E-state index in [1.54, 1.807) is 28.5 Å². The fourth-order valence-corrected chi connectivity index (χ4v) is 5.27. The first-order valence-corrected chi connectivity index (χ1v) is 13.9. The number of imidazole rings is 1. The van der Waals surface area contributed by atoms with Crippen molar-refractivity contribution < 1.29 is 22.6 Å². The van der Waals surface area contributed by atoms with Crippen molar-refractivity contribution in [3.8, 4) is 34.4 Å². The summed E-state index contributed by atoms with van der Waals surface area (Å²) >= 11 is 0.